The van der Waals surface area contributed by atoms with Gasteiger partial charge in [0.15, 0.2) is 0 Å². The Bertz CT molecular complexity index is 1020. The average molecular weight is 478 g/mol. The summed E-state index contributed by atoms with van der Waals surface area (Å²) < 4.78 is 18.0. The maximum atomic E-state index is 11.1. The summed E-state index contributed by atoms with van der Waals surface area (Å²) in [6.45, 7) is 0.200. The Kier molecular flexibility index (Phi) is 11.2. The van der Waals surface area contributed by atoms with E-state index in [9.17, 15) is 10.2 Å². The van der Waals surface area contributed by atoms with Crippen molar-refractivity contribution in [1.82, 2.24) is 0 Å². The van der Waals surface area contributed by atoms with E-state index in [0.717, 1.165) is 16.7 Å². The van der Waals surface area contributed by atoms with Crippen molar-refractivity contribution in [2.45, 2.75) is 44.2 Å². The minimum Gasteiger partial charge on any atom is -0.396 e. The van der Waals surface area contributed by atoms with Crippen LogP contribution in [0, 0.1) is 0 Å². The molecule has 0 saturated carbocycles. The Balaban J connectivity index is 1.77. The highest BCUT2D eigenvalue weighted by Crippen LogP contribution is 2.20. The van der Waals surface area contributed by atoms with Gasteiger partial charge in [0.25, 0.3) is 0 Å². The normalized spacial score (nSPS) is 14.5. The quantitative estimate of drug-likeness (QED) is 0.191. The molecule has 0 aliphatic heterocycles. The van der Waals surface area contributed by atoms with Gasteiger partial charge in [-0.3, -0.25) is 0 Å². The van der Waals surface area contributed by atoms with E-state index in [4.69, 9.17) is 19.7 Å². The summed E-state index contributed by atoms with van der Waals surface area (Å²) in [6, 6.07) is 27.7. The van der Waals surface area contributed by atoms with Crippen LogP contribution < -0.4 is 0 Å². The molecule has 3 aromatic carbocycles. The molecule has 0 aliphatic carbocycles. The van der Waals surface area contributed by atoms with E-state index in [2.05, 4.69) is 10.0 Å². The molecule has 3 rings (SSSR count). The van der Waals surface area contributed by atoms with Crippen LogP contribution in [0.4, 0.5) is 0 Å². The number of aliphatic hydroxyl groups is 2. The Morgan fingerprint density at radius 1 is 0.714 bits per heavy atom. The van der Waals surface area contributed by atoms with Crippen molar-refractivity contribution in [3.8, 4) is 0 Å². The summed E-state index contributed by atoms with van der Waals surface area (Å²) in [5.41, 5.74) is 11.8. The van der Waals surface area contributed by atoms with Crippen molar-refractivity contribution >= 4 is 0 Å². The molecule has 4 atom stereocenters. The third kappa shape index (κ3) is 8.81. The van der Waals surface area contributed by atoms with Gasteiger partial charge in [-0.05, 0) is 22.2 Å². The lowest BCUT2D eigenvalue weighted by molar-refractivity contribution is -0.156. The Morgan fingerprint density at radius 3 is 1.63 bits per heavy atom. The van der Waals surface area contributed by atoms with E-state index in [-0.39, 0.29) is 19.8 Å². The maximum Gasteiger partial charge on any atom is 0.113 e. The molecule has 0 fully saturated rings. The summed E-state index contributed by atoms with van der Waals surface area (Å²) in [5, 5.41) is 24.8. The Morgan fingerprint density at radius 2 is 1.17 bits per heavy atom. The molecule has 0 aliphatic rings. The molecule has 2 N–H and O–H groups in total. The van der Waals surface area contributed by atoms with Gasteiger partial charge in [-0.15, -0.1) is 0 Å². The number of aliphatic hydroxyl groups excluding tert-OH is 2. The zero-order chi connectivity index (χ0) is 24.7. The van der Waals surface area contributed by atoms with Gasteiger partial charge in [0, 0.05) is 4.91 Å². The molecule has 0 spiro atoms. The first-order valence-electron chi connectivity index (χ1n) is 11.5. The molecular formula is C27H31N3O5. The monoisotopic (exact) mass is 477 g/mol. The van der Waals surface area contributed by atoms with Gasteiger partial charge < -0.3 is 24.4 Å². The van der Waals surface area contributed by atoms with Gasteiger partial charge in [-0.25, -0.2) is 0 Å². The van der Waals surface area contributed by atoms with E-state index < -0.39 is 31.0 Å². The lowest BCUT2D eigenvalue weighted by Crippen LogP contribution is -2.49. The molecule has 0 saturated heterocycles. The van der Waals surface area contributed by atoms with Crippen molar-refractivity contribution in [3.05, 3.63) is 118 Å². The molecule has 8 nitrogen and oxygen atoms in total. The first-order valence-corrected chi connectivity index (χ1v) is 11.5. The molecule has 35 heavy (non-hydrogen) atoms. The highest BCUT2D eigenvalue weighted by atomic mass is 16.6. The standard InChI is InChI=1S/C27H31N3O5/c28-30-29-24(16-31)26(34-18-22-12-6-2-7-13-22)27(35-19-23-14-8-3-9-15-23)25(32)20-33-17-21-10-4-1-5-11-21/h1-15,24-27,31-32H,16-20H2/t24?,25?,26?,27-/m1/s1. The fourth-order valence-corrected chi connectivity index (χ4v) is 3.62. The lowest BCUT2D eigenvalue weighted by Gasteiger charge is -2.34. The van der Waals surface area contributed by atoms with Crippen LogP contribution >= 0.6 is 0 Å². The second-order valence-corrected chi connectivity index (χ2v) is 8.05. The van der Waals surface area contributed by atoms with Crippen LogP contribution in [-0.4, -0.2) is 47.8 Å². The lowest BCUT2D eigenvalue weighted by atomic mass is 10.0. The van der Waals surface area contributed by atoms with Crippen LogP contribution in [0.15, 0.2) is 96.1 Å². The predicted molar refractivity (Wildman–Crippen MR) is 132 cm³/mol. The van der Waals surface area contributed by atoms with E-state index >= 15 is 0 Å². The van der Waals surface area contributed by atoms with Crippen molar-refractivity contribution in [2.75, 3.05) is 13.2 Å². The van der Waals surface area contributed by atoms with Gasteiger partial charge >= 0.3 is 0 Å². The maximum absolute atomic E-state index is 11.1. The van der Waals surface area contributed by atoms with E-state index in [1.165, 1.54) is 0 Å². The minimum atomic E-state index is -1.11. The first-order chi connectivity index (χ1) is 17.2. The van der Waals surface area contributed by atoms with Crippen molar-refractivity contribution in [1.29, 1.82) is 0 Å². The molecule has 184 valence electrons. The molecule has 0 radical (unpaired) electrons. The summed E-state index contributed by atoms with van der Waals surface area (Å²) in [7, 11) is 0. The molecule has 0 aromatic heterocycles. The Hall–Kier alpha value is -3.23. The van der Waals surface area contributed by atoms with Crippen molar-refractivity contribution in [2.24, 2.45) is 5.11 Å². The Labute approximate surface area is 205 Å². The van der Waals surface area contributed by atoms with Crippen LogP contribution in [0.3, 0.4) is 0 Å². The predicted octanol–water partition coefficient (Wildman–Crippen LogP) is 4.41. The molecule has 0 heterocycles. The fourth-order valence-electron chi connectivity index (χ4n) is 3.62. The zero-order valence-corrected chi connectivity index (χ0v) is 19.5. The zero-order valence-electron chi connectivity index (χ0n) is 19.5. The van der Waals surface area contributed by atoms with Gasteiger partial charge in [-0.1, -0.05) is 96.1 Å². The highest BCUT2D eigenvalue weighted by Gasteiger charge is 2.36. The molecule has 8 heteroatoms. The van der Waals surface area contributed by atoms with Gasteiger partial charge in [0.2, 0.25) is 0 Å². The average Bonchev–Trinajstić information content (AvgIpc) is 2.91. The van der Waals surface area contributed by atoms with Crippen LogP contribution in [0.1, 0.15) is 16.7 Å². The SMILES string of the molecule is [N-]=[N+]=NC(CO)C(OCc1ccccc1)[C@H](OCc1ccccc1)C(O)COCc1ccccc1. The number of benzene rings is 3. The topological polar surface area (TPSA) is 117 Å². The van der Waals surface area contributed by atoms with Crippen molar-refractivity contribution in [3.63, 3.8) is 0 Å². The summed E-state index contributed by atoms with van der Waals surface area (Å²) in [4.78, 5) is 2.86. The highest BCUT2D eigenvalue weighted by molar-refractivity contribution is 5.15. The van der Waals surface area contributed by atoms with Gasteiger partial charge in [0.1, 0.15) is 12.2 Å². The minimum absolute atomic E-state index is 0.0338. The van der Waals surface area contributed by atoms with Crippen LogP contribution in [-0.2, 0) is 34.0 Å². The van der Waals surface area contributed by atoms with Gasteiger partial charge in [-0.2, -0.15) is 0 Å². The number of nitrogens with zero attached hydrogens (tertiary/aromatic N) is 3. The summed E-state index contributed by atoms with van der Waals surface area (Å²) >= 11 is 0. The smallest absolute Gasteiger partial charge is 0.113 e. The van der Waals surface area contributed by atoms with E-state index in [0.29, 0.717) is 6.61 Å². The summed E-state index contributed by atoms with van der Waals surface area (Å²) in [6.07, 6.45) is -2.96. The van der Waals surface area contributed by atoms with E-state index in [1.54, 1.807) is 0 Å². The van der Waals surface area contributed by atoms with E-state index in [1.807, 2.05) is 91.0 Å². The summed E-state index contributed by atoms with van der Waals surface area (Å²) in [5.74, 6) is 0. The second kappa shape index (κ2) is 14.9. The molecule has 3 unspecified atom stereocenters. The molecule has 0 bridgehead atoms. The van der Waals surface area contributed by atoms with Crippen molar-refractivity contribution < 1.29 is 24.4 Å². The van der Waals surface area contributed by atoms with Crippen LogP contribution in [0.25, 0.3) is 10.4 Å². The molecular weight excluding hydrogens is 446 g/mol. The third-order valence-corrected chi connectivity index (χ3v) is 5.44. The van der Waals surface area contributed by atoms with Crippen LogP contribution in [0.5, 0.6) is 0 Å². The number of hydrogen-bond donors (Lipinski definition) is 2. The first kappa shape index (κ1) is 26.4. The molecule has 0 amide bonds. The largest absolute Gasteiger partial charge is 0.396 e. The number of rotatable bonds is 15. The van der Waals surface area contributed by atoms with Crippen LogP contribution in [0.2, 0.25) is 0 Å². The fraction of sp³-hybridized carbons (Fsp3) is 0.333. The number of ether oxygens (including phenoxy) is 3. The van der Waals surface area contributed by atoms with Gasteiger partial charge in [0.05, 0.1) is 45.2 Å². The number of hydrogen-bond acceptors (Lipinski definition) is 6. The third-order valence-electron chi connectivity index (χ3n) is 5.44. The molecule has 3 aromatic rings. The number of azide groups is 1. The second-order valence-electron chi connectivity index (χ2n) is 8.05.